The second-order valence-electron chi connectivity index (χ2n) is 7.78. The Morgan fingerprint density at radius 1 is 1.07 bits per heavy atom. The van der Waals surface area contributed by atoms with Crippen molar-refractivity contribution in [3.63, 3.8) is 0 Å². The van der Waals surface area contributed by atoms with Gasteiger partial charge in [0.25, 0.3) is 0 Å². The Kier molecular flexibility index (Phi) is 6.17. The number of aryl methyl sites for hydroxylation is 1. The number of anilines is 1. The van der Waals surface area contributed by atoms with Crippen molar-refractivity contribution in [2.45, 2.75) is 27.3 Å². The Bertz CT molecular complexity index is 964. The Labute approximate surface area is 171 Å². The van der Waals surface area contributed by atoms with Crippen LogP contribution in [0, 0.1) is 12.3 Å². The van der Waals surface area contributed by atoms with E-state index in [0.29, 0.717) is 5.75 Å². The fourth-order valence-electron chi connectivity index (χ4n) is 2.75. The van der Waals surface area contributed by atoms with Gasteiger partial charge in [0.15, 0.2) is 0 Å². The predicted molar refractivity (Wildman–Crippen MR) is 115 cm³/mol. The van der Waals surface area contributed by atoms with E-state index >= 15 is 0 Å². The Hall–Kier alpha value is -3.34. The monoisotopic (exact) mass is 390 g/mol. The smallest absolute Gasteiger partial charge is 0.312 e. The van der Waals surface area contributed by atoms with E-state index in [2.05, 4.69) is 41.5 Å². The number of rotatable bonds is 8. The third kappa shape index (κ3) is 5.57. The Balaban J connectivity index is 1.59. The molecule has 150 valence electrons. The summed E-state index contributed by atoms with van der Waals surface area (Å²) in [5.74, 6) is 0.592. The van der Waals surface area contributed by atoms with Crippen LogP contribution < -0.4 is 10.1 Å². The lowest BCUT2D eigenvalue weighted by Gasteiger charge is -2.19. The van der Waals surface area contributed by atoms with Crippen molar-refractivity contribution in [2.24, 2.45) is 5.41 Å². The number of hydrogen-bond donors (Lipinski definition) is 2. The molecule has 0 saturated carbocycles. The number of carboxylic acids is 1. The molecule has 5 nitrogen and oxygen atoms in total. The van der Waals surface area contributed by atoms with E-state index < -0.39 is 11.4 Å². The molecule has 0 radical (unpaired) electrons. The molecule has 5 heteroatoms. The third-order valence-electron chi connectivity index (χ3n) is 4.69. The molecule has 0 amide bonds. The SMILES string of the molecule is Cc1cccc(CNc2ccc(-c3ccc(OCC(C)(C)C(=O)O)cc3)cn2)c1. The van der Waals surface area contributed by atoms with Gasteiger partial charge in [-0.1, -0.05) is 42.0 Å². The maximum atomic E-state index is 11.2. The molecule has 2 N–H and O–H groups in total. The quantitative estimate of drug-likeness (QED) is 0.556. The number of ether oxygens (including phenoxy) is 1. The van der Waals surface area contributed by atoms with E-state index in [9.17, 15) is 4.79 Å². The second-order valence-corrected chi connectivity index (χ2v) is 7.78. The molecular weight excluding hydrogens is 364 g/mol. The first kappa shape index (κ1) is 20.4. The zero-order valence-electron chi connectivity index (χ0n) is 17.0. The number of carbonyl (C=O) groups is 1. The summed E-state index contributed by atoms with van der Waals surface area (Å²) < 4.78 is 5.62. The van der Waals surface area contributed by atoms with Gasteiger partial charge in [0, 0.05) is 18.3 Å². The number of pyridine rings is 1. The molecule has 0 unspecified atom stereocenters. The van der Waals surface area contributed by atoms with Gasteiger partial charge in [-0.2, -0.15) is 0 Å². The minimum absolute atomic E-state index is 0.116. The number of nitrogens with one attached hydrogen (secondary N) is 1. The molecule has 0 bridgehead atoms. The molecule has 0 atom stereocenters. The summed E-state index contributed by atoms with van der Waals surface area (Å²) in [5.41, 5.74) is 3.56. The van der Waals surface area contributed by atoms with Gasteiger partial charge >= 0.3 is 5.97 Å². The van der Waals surface area contributed by atoms with Gasteiger partial charge in [-0.05, 0) is 56.2 Å². The minimum Gasteiger partial charge on any atom is -0.492 e. The van der Waals surface area contributed by atoms with Crippen molar-refractivity contribution in [1.82, 2.24) is 4.98 Å². The lowest BCUT2D eigenvalue weighted by molar-refractivity contribution is -0.148. The summed E-state index contributed by atoms with van der Waals surface area (Å²) in [6, 6.07) is 19.9. The highest BCUT2D eigenvalue weighted by Crippen LogP contribution is 2.24. The summed E-state index contributed by atoms with van der Waals surface area (Å²) in [5, 5.41) is 12.5. The summed E-state index contributed by atoms with van der Waals surface area (Å²) >= 11 is 0. The Morgan fingerprint density at radius 3 is 2.41 bits per heavy atom. The molecule has 0 spiro atoms. The molecule has 1 aromatic heterocycles. The van der Waals surface area contributed by atoms with Gasteiger partial charge in [0.1, 0.15) is 18.2 Å². The normalized spacial score (nSPS) is 11.1. The van der Waals surface area contributed by atoms with Crippen molar-refractivity contribution >= 4 is 11.8 Å². The molecule has 0 aliphatic carbocycles. The molecule has 3 rings (SSSR count). The summed E-state index contributed by atoms with van der Waals surface area (Å²) in [6.45, 7) is 6.21. The van der Waals surface area contributed by atoms with E-state index in [1.54, 1.807) is 13.8 Å². The van der Waals surface area contributed by atoms with E-state index in [4.69, 9.17) is 9.84 Å². The first-order valence-electron chi connectivity index (χ1n) is 9.56. The largest absolute Gasteiger partial charge is 0.492 e. The zero-order valence-corrected chi connectivity index (χ0v) is 17.0. The van der Waals surface area contributed by atoms with E-state index in [0.717, 1.165) is 23.5 Å². The highest BCUT2D eigenvalue weighted by atomic mass is 16.5. The summed E-state index contributed by atoms with van der Waals surface area (Å²) in [7, 11) is 0. The third-order valence-corrected chi connectivity index (χ3v) is 4.69. The number of aliphatic carboxylic acids is 1. The van der Waals surface area contributed by atoms with Crippen LogP contribution in [0.1, 0.15) is 25.0 Å². The van der Waals surface area contributed by atoms with Crippen LogP contribution in [0.15, 0.2) is 66.9 Å². The molecular formula is C24H26N2O3. The summed E-state index contributed by atoms with van der Waals surface area (Å²) in [6.07, 6.45) is 1.84. The number of benzene rings is 2. The van der Waals surface area contributed by atoms with E-state index in [1.165, 1.54) is 11.1 Å². The van der Waals surface area contributed by atoms with Crippen molar-refractivity contribution in [3.8, 4) is 16.9 Å². The van der Waals surface area contributed by atoms with Crippen LogP contribution in [-0.4, -0.2) is 22.7 Å². The zero-order chi connectivity index (χ0) is 20.9. The highest BCUT2D eigenvalue weighted by Gasteiger charge is 2.28. The fourth-order valence-corrected chi connectivity index (χ4v) is 2.75. The first-order valence-corrected chi connectivity index (χ1v) is 9.56. The maximum Gasteiger partial charge on any atom is 0.312 e. The van der Waals surface area contributed by atoms with Crippen molar-refractivity contribution in [1.29, 1.82) is 0 Å². The number of nitrogens with zero attached hydrogens (tertiary/aromatic N) is 1. The molecule has 1 heterocycles. The van der Waals surface area contributed by atoms with Crippen molar-refractivity contribution in [3.05, 3.63) is 78.0 Å². The van der Waals surface area contributed by atoms with Crippen LogP contribution in [-0.2, 0) is 11.3 Å². The number of aromatic nitrogens is 1. The molecule has 0 aliphatic rings. The van der Waals surface area contributed by atoms with Crippen molar-refractivity contribution < 1.29 is 14.6 Å². The second kappa shape index (κ2) is 8.78. The van der Waals surface area contributed by atoms with Crippen LogP contribution in [0.3, 0.4) is 0 Å². The van der Waals surface area contributed by atoms with Gasteiger partial charge in [-0.25, -0.2) is 4.98 Å². The maximum absolute atomic E-state index is 11.2. The van der Waals surface area contributed by atoms with Gasteiger partial charge in [-0.3, -0.25) is 4.79 Å². The molecule has 2 aromatic carbocycles. The molecule has 0 aliphatic heterocycles. The van der Waals surface area contributed by atoms with Gasteiger partial charge in [0.2, 0.25) is 0 Å². The standard InChI is InChI=1S/C24H26N2O3/c1-17-5-4-6-18(13-17)14-25-22-12-9-20(15-26-22)19-7-10-21(11-8-19)29-16-24(2,3)23(27)28/h4-13,15H,14,16H2,1-3H3,(H,25,26)(H,27,28). The molecule has 3 aromatic rings. The minimum atomic E-state index is -0.927. The lowest BCUT2D eigenvalue weighted by Crippen LogP contribution is -2.30. The highest BCUT2D eigenvalue weighted by molar-refractivity contribution is 5.73. The first-order chi connectivity index (χ1) is 13.8. The van der Waals surface area contributed by atoms with Crippen LogP contribution in [0.2, 0.25) is 0 Å². The van der Waals surface area contributed by atoms with Crippen LogP contribution in [0.25, 0.3) is 11.1 Å². The van der Waals surface area contributed by atoms with Gasteiger partial charge in [-0.15, -0.1) is 0 Å². The fraction of sp³-hybridized carbons (Fsp3) is 0.250. The predicted octanol–water partition coefficient (Wildman–Crippen LogP) is 5.16. The average Bonchev–Trinajstić information content (AvgIpc) is 2.72. The number of hydrogen-bond acceptors (Lipinski definition) is 4. The lowest BCUT2D eigenvalue weighted by atomic mass is 9.95. The number of carboxylic acid groups (broad SMARTS) is 1. The Morgan fingerprint density at radius 2 is 1.79 bits per heavy atom. The summed E-state index contributed by atoms with van der Waals surface area (Å²) in [4.78, 5) is 15.7. The average molecular weight is 390 g/mol. The topological polar surface area (TPSA) is 71.5 Å². The van der Waals surface area contributed by atoms with Crippen LogP contribution in [0.5, 0.6) is 5.75 Å². The van der Waals surface area contributed by atoms with Crippen LogP contribution in [0.4, 0.5) is 5.82 Å². The van der Waals surface area contributed by atoms with Gasteiger partial charge < -0.3 is 15.2 Å². The van der Waals surface area contributed by atoms with Crippen molar-refractivity contribution in [2.75, 3.05) is 11.9 Å². The van der Waals surface area contributed by atoms with E-state index in [-0.39, 0.29) is 6.61 Å². The molecule has 0 fully saturated rings. The van der Waals surface area contributed by atoms with Crippen LogP contribution >= 0.6 is 0 Å². The molecule has 29 heavy (non-hydrogen) atoms. The van der Waals surface area contributed by atoms with Gasteiger partial charge in [0.05, 0.1) is 5.41 Å². The van der Waals surface area contributed by atoms with E-state index in [1.807, 2.05) is 42.6 Å². The molecule has 0 saturated heterocycles.